The zero-order valence-electron chi connectivity index (χ0n) is 8.48. The fraction of sp³-hybridized carbons (Fsp3) is 0.300. The second-order valence-electron chi connectivity index (χ2n) is 3.81. The largest absolute Gasteiger partial charge is 0.344 e. The number of nitrogens with zero attached hydrogens (tertiary/aromatic N) is 3. The molecule has 0 aromatic carbocycles. The summed E-state index contributed by atoms with van der Waals surface area (Å²) in [6.07, 6.45) is 1.41. The Morgan fingerprint density at radius 1 is 1.53 bits per heavy atom. The van der Waals surface area contributed by atoms with Crippen molar-refractivity contribution in [2.45, 2.75) is 19.9 Å². The van der Waals surface area contributed by atoms with E-state index >= 15 is 0 Å². The van der Waals surface area contributed by atoms with E-state index in [2.05, 4.69) is 15.4 Å². The third-order valence-corrected chi connectivity index (χ3v) is 2.79. The van der Waals surface area contributed by atoms with Crippen LogP contribution in [-0.2, 0) is 0 Å². The molecule has 5 heteroatoms. The Labute approximate surface area is 86.1 Å². The van der Waals surface area contributed by atoms with E-state index in [1.807, 2.05) is 19.9 Å². The lowest BCUT2D eigenvalue weighted by atomic mass is 10.1. The number of carbonyl (C=O) groups excluding carboxylic acids is 1. The van der Waals surface area contributed by atoms with Crippen molar-refractivity contribution in [2.75, 3.05) is 0 Å². The first-order valence-electron chi connectivity index (χ1n) is 4.82. The molecule has 2 aromatic heterocycles. The lowest BCUT2D eigenvalue weighted by Gasteiger charge is -2.18. The topological polar surface area (TPSA) is 59.3 Å². The molecule has 0 spiro atoms. The summed E-state index contributed by atoms with van der Waals surface area (Å²) in [6.45, 7) is 3.93. The number of nitrogens with one attached hydrogen (secondary N) is 1. The second kappa shape index (κ2) is 2.56. The first-order chi connectivity index (χ1) is 7.18. The SMILES string of the molecule is Cc1cc2c3c(ncnn13)C(=O)NC2C. The van der Waals surface area contributed by atoms with Crippen LogP contribution in [0.4, 0.5) is 0 Å². The molecular weight excluding hydrogens is 192 g/mol. The van der Waals surface area contributed by atoms with Gasteiger partial charge in [0.2, 0.25) is 0 Å². The predicted molar refractivity (Wildman–Crippen MR) is 53.6 cm³/mol. The van der Waals surface area contributed by atoms with E-state index in [1.165, 1.54) is 6.33 Å². The van der Waals surface area contributed by atoms with Crippen LogP contribution in [-0.4, -0.2) is 20.5 Å². The van der Waals surface area contributed by atoms with Crippen LogP contribution in [0.3, 0.4) is 0 Å². The highest BCUT2D eigenvalue weighted by Crippen LogP contribution is 2.27. The standard InChI is InChI=1S/C10H10N4O/c1-5-3-7-6(2)13-10(15)8-9(7)14(5)12-4-11-8/h3-4,6H,1-2H3,(H,13,15). The Morgan fingerprint density at radius 2 is 2.33 bits per heavy atom. The van der Waals surface area contributed by atoms with Crippen molar-refractivity contribution in [3.05, 3.63) is 29.3 Å². The van der Waals surface area contributed by atoms with Crippen molar-refractivity contribution >= 4 is 11.4 Å². The van der Waals surface area contributed by atoms with Crippen molar-refractivity contribution < 1.29 is 4.79 Å². The van der Waals surface area contributed by atoms with Crippen LogP contribution in [0.15, 0.2) is 12.4 Å². The molecule has 0 fully saturated rings. The van der Waals surface area contributed by atoms with E-state index in [0.717, 1.165) is 16.8 Å². The van der Waals surface area contributed by atoms with E-state index in [-0.39, 0.29) is 11.9 Å². The first kappa shape index (κ1) is 8.40. The quantitative estimate of drug-likeness (QED) is 0.688. The predicted octanol–water partition coefficient (Wildman–Crippen LogP) is 0.842. The molecular formula is C10H10N4O. The average Bonchev–Trinajstić information content (AvgIpc) is 2.55. The summed E-state index contributed by atoms with van der Waals surface area (Å²) in [5, 5.41) is 7.00. The van der Waals surface area contributed by atoms with Crippen molar-refractivity contribution in [1.82, 2.24) is 19.9 Å². The number of aromatic nitrogens is 3. The Kier molecular flexibility index (Phi) is 1.44. The normalized spacial score (nSPS) is 19.3. The van der Waals surface area contributed by atoms with Gasteiger partial charge in [-0.1, -0.05) is 0 Å². The Bertz CT molecular complexity index is 572. The van der Waals surface area contributed by atoms with Gasteiger partial charge in [-0.3, -0.25) is 4.79 Å². The van der Waals surface area contributed by atoms with Gasteiger partial charge in [0.15, 0.2) is 5.69 Å². The van der Waals surface area contributed by atoms with Gasteiger partial charge in [0.1, 0.15) is 11.8 Å². The van der Waals surface area contributed by atoms with Gasteiger partial charge in [0.25, 0.3) is 5.91 Å². The van der Waals surface area contributed by atoms with Crippen LogP contribution in [0.5, 0.6) is 0 Å². The van der Waals surface area contributed by atoms with Crippen LogP contribution >= 0.6 is 0 Å². The van der Waals surface area contributed by atoms with Gasteiger partial charge >= 0.3 is 0 Å². The fourth-order valence-corrected chi connectivity index (χ4v) is 2.07. The maximum atomic E-state index is 11.7. The summed E-state index contributed by atoms with van der Waals surface area (Å²) >= 11 is 0. The monoisotopic (exact) mass is 202 g/mol. The first-order valence-corrected chi connectivity index (χ1v) is 4.82. The van der Waals surface area contributed by atoms with Crippen LogP contribution in [0.1, 0.15) is 34.7 Å². The second-order valence-corrected chi connectivity index (χ2v) is 3.81. The number of rotatable bonds is 0. The van der Waals surface area contributed by atoms with E-state index in [0.29, 0.717) is 5.69 Å². The molecule has 15 heavy (non-hydrogen) atoms. The van der Waals surface area contributed by atoms with E-state index in [9.17, 15) is 4.79 Å². The highest BCUT2D eigenvalue weighted by atomic mass is 16.2. The van der Waals surface area contributed by atoms with E-state index in [1.54, 1.807) is 4.52 Å². The molecule has 5 nitrogen and oxygen atoms in total. The summed E-state index contributed by atoms with van der Waals surface area (Å²) in [7, 11) is 0. The summed E-state index contributed by atoms with van der Waals surface area (Å²) < 4.78 is 1.77. The fourth-order valence-electron chi connectivity index (χ4n) is 2.07. The summed E-state index contributed by atoms with van der Waals surface area (Å²) in [4.78, 5) is 15.7. The molecule has 3 rings (SSSR count). The van der Waals surface area contributed by atoms with Gasteiger partial charge < -0.3 is 5.32 Å². The summed E-state index contributed by atoms with van der Waals surface area (Å²) in [5.41, 5.74) is 3.41. The Balaban J connectivity index is 2.51. The minimum Gasteiger partial charge on any atom is -0.344 e. The zero-order chi connectivity index (χ0) is 10.6. The Morgan fingerprint density at radius 3 is 3.13 bits per heavy atom. The highest BCUT2D eigenvalue weighted by Gasteiger charge is 2.27. The molecule has 3 heterocycles. The molecule has 0 saturated heterocycles. The summed E-state index contributed by atoms with van der Waals surface area (Å²) in [6, 6.07) is 2.07. The molecule has 76 valence electrons. The van der Waals surface area contributed by atoms with Crippen LogP contribution < -0.4 is 5.32 Å². The van der Waals surface area contributed by atoms with Crippen molar-refractivity contribution in [3.63, 3.8) is 0 Å². The van der Waals surface area contributed by atoms with Crippen molar-refractivity contribution in [2.24, 2.45) is 0 Å². The Hall–Kier alpha value is -1.91. The third-order valence-electron chi connectivity index (χ3n) is 2.79. The van der Waals surface area contributed by atoms with Gasteiger partial charge in [-0.15, -0.1) is 0 Å². The summed E-state index contributed by atoms with van der Waals surface area (Å²) in [5.74, 6) is -0.125. The lowest BCUT2D eigenvalue weighted by molar-refractivity contribution is 0.0931. The number of amides is 1. The van der Waals surface area contributed by atoms with Gasteiger partial charge in [0, 0.05) is 11.3 Å². The molecule has 1 aliphatic rings. The van der Waals surface area contributed by atoms with Crippen LogP contribution in [0.25, 0.3) is 5.52 Å². The van der Waals surface area contributed by atoms with Crippen molar-refractivity contribution in [1.29, 1.82) is 0 Å². The molecule has 0 radical (unpaired) electrons. The molecule has 1 atom stereocenters. The van der Waals surface area contributed by atoms with Crippen LogP contribution in [0.2, 0.25) is 0 Å². The molecule has 1 amide bonds. The van der Waals surface area contributed by atoms with E-state index < -0.39 is 0 Å². The van der Waals surface area contributed by atoms with Gasteiger partial charge in [0.05, 0.1) is 6.04 Å². The maximum Gasteiger partial charge on any atom is 0.272 e. The number of carbonyl (C=O) groups is 1. The smallest absolute Gasteiger partial charge is 0.272 e. The molecule has 1 unspecified atom stereocenters. The maximum absolute atomic E-state index is 11.7. The van der Waals surface area contributed by atoms with Gasteiger partial charge in [-0.05, 0) is 19.9 Å². The van der Waals surface area contributed by atoms with Crippen molar-refractivity contribution in [3.8, 4) is 0 Å². The molecule has 1 aliphatic heterocycles. The minimum atomic E-state index is -0.125. The van der Waals surface area contributed by atoms with Gasteiger partial charge in [-0.2, -0.15) is 5.10 Å². The van der Waals surface area contributed by atoms with Gasteiger partial charge in [-0.25, -0.2) is 9.50 Å². The average molecular weight is 202 g/mol. The molecule has 0 saturated carbocycles. The zero-order valence-corrected chi connectivity index (χ0v) is 8.48. The minimum absolute atomic E-state index is 0.0275. The van der Waals surface area contributed by atoms with E-state index in [4.69, 9.17) is 0 Å². The number of hydrogen-bond acceptors (Lipinski definition) is 3. The van der Waals surface area contributed by atoms with Crippen LogP contribution in [0, 0.1) is 6.92 Å². The highest BCUT2D eigenvalue weighted by molar-refractivity contribution is 6.02. The third kappa shape index (κ3) is 0.945. The lowest BCUT2D eigenvalue weighted by Crippen LogP contribution is -2.32. The molecule has 0 aliphatic carbocycles. The molecule has 1 N–H and O–H groups in total. The number of aryl methyl sites for hydroxylation is 1. The number of hydrogen-bond donors (Lipinski definition) is 1. The molecule has 2 aromatic rings. The molecule has 0 bridgehead atoms.